The Morgan fingerprint density at radius 1 is 1.07 bits per heavy atom. The number of hydrogen-bond acceptors (Lipinski definition) is 2. The molecule has 0 aliphatic heterocycles. The van der Waals surface area contributed by atoms with Gasteiger partial charge in [0, 0.05) is 0 Å². The highest BCUT2D eigenvalue weighted by Crippen LogP contribution is 2.65. The highest BCUT2D eigenvalue weighted by molar-refractivity contribution is 5.88. The fourth-order valence-electron chi connectivity index (χ4n) is 6.58. The van der Waals surface area contributed by atoms with Crippen molar-refractivity contribution in [3.63, 3.8) is 0 Å². The van der Waals surface area contributed by atoms with Gasteiger partial charge in [0.15, 0.2) is 0 Å². The van der Waals surface area contributed by atoms with Crippen molar-refractivity contribution < 1.29 is 14.7 Å². The Kier molecular flexibility index (Phi) is 4.36. The fraction of sp³-hybridized carbons (Fsp3) is 0.652. The normalized spacial score (nSPS) is 35.3. The van der Waals surface area contributed by atoms with Gasteiger partial charge in [-0.1, -0.05) is 43.7 Å². The van der Waals surface area contributed by atoms with Crippen LogP contribution in [0.4, 0.5) is 0 Å². The average Bonchev–Trinajstić information content (AvgIpc) is 2.58. The summed E-state index contributed by atoms with van der Waals surface area (Å²) >= 11 is 0. The molecule has 2 N–H and O–H groups in total. The van der Waals surface area contributed by atoms with Gasteiger partial charge in [0.2, 0.25) is 5.91 Å². The predicted octanol–water partition coefficient (Wildman–Crippen LogP) is 4.06. The van der Waals surface area contributed by atoms with Crippen LogP contribution in [0.2, 0.25) is 0 Å². The molecule has 0 unspecified atom stereocenters. The SMILES string of the molecule is Cc1ccc(C23C[C@H]4C[C@@H](CC(C(=O)N[C@H](C(=O)O)C(C)C)(C4)C2)C3)cc1. The molecule has 5 rings (SSSR count). The van der Waals surface area contributed by atoms with Gasteiger partial charge in [-0.25, -0.2) is 4.79 Å². The van der Waals surface area contributed by atoms with Crippen molar-refractivity contribution in [3.8, 4) is 0 Å². The Bertz CT molecular complexity index is 737. The maximum atomic E-state index is 13.4. The van der Waals surface area contributed by atoms with E-state index in [-0.39, 0.29) is 17.2 Å². The van der Waals surface area contributed by atoms with E-state index in [1.165, 1.54) is 30.4 Å². The quantitative estimate of drug-likeness (QED) is 0.822. The Morgan fingerprint density at radius 2 is 1.67 bits per heavy atom. The van der Waals surface area contributed by atoms with E-state index in [9.17, 15) is 14.7 Å². The number of nitrogens with one attached hydrogen (secondary N) is 1. The Morgan fingerprint density at radius 3 is 2.19 bits per heavy atom. The van der Waals surface area contributed by atoms with E-state index in [4.69, 9.17) is 0 Å². The number of rotatable bonds is 5. The zero-order valence-electron chi connectivity index (χ0n) is 16.6. The lowest BCUT2D eigenvalue weighted by atomic mass is 9.42. The number of carbonyl (C=O) groups is 2. The zero-order chi connectivity index (χ0) is 19.4. The van der Waals surface area contributed by atoms with E-state index in [2.05, 4.69) is 36.5 Å². The van der Waals surface area contributed by atoms with Crippen molar-refractivity contribution in [2.75, 3.05) is 0 Å². The molecule has 0 aromatic heterocycles. The van der Waals surface area contributed by atoms with Crippen LogP contribution in [0, 0.1) is 30.1 Å². The van der Waals surface area contributed by atoms with Crippen molar-refractivity contribution in [3.05, 3.63) is 35.4 Å². The highest BCUT2D eigenvalue weighted by atomic mass is 16.4. The molecular formula is C23H31NO3. The number of aliphatic carboxylic acids is 1. The first-order chi connectivity index (χ1) is 12.7. The van der Waals surface area contributed by atoms with Crippen LogP contribution >= 0.6 is 0 Å². The third kappa shape index (κ3) is 3.07. The number of carboxylic acids is 1. The molecule has 4 aliphatic carbocycles. The molecule has 4 fully saturated rings. The first-order valence-corrected chi connectivity index (χ1v) is 10.3. The van der Waals surface area contributed by atoms with E-state index in [1.807, 2.05) is 13.8 Å². The van der Waals surface area contributed by atoms with Crippen LogP contribution < -0.4 is 5.32 Å². The molecule has 0 radical (unpaired) electrons. The summed E-state index contributed by atoms with van der Waals surface area (Å²) < 4.78 is 0. The number of hydrogen-bond donors (Lipinski definition) is 2. The number of carboxylic acid groups (broad SMARTS) is 1. The molecule has 1 aromatic rings. The molecule has 0 saturated heterocycles. The second-order valence-corrected chi connectivity index (χ2v) is 9.92. The summed E-state index contributed by atoms with van der Waals surface area (Å²) in [7, 11) is 0. The fourth-order valence-corrected chi connectivity index (χ4v) is 6.58. The van der Waals surface area contributed by atoms with E-state index in [0.29, 0.717) is 11.8 Å². The van der Waals surface area contributed by atoms with Crippen molar-refractivity contribution in [2.24, 2.45) is 23.2 Å². The lowest BCUT2D eigenvalue weighted by Crippen LogP contribution is -2.61. The standard InChI is InChI=1S/C23H31NO3/c1-14(2)19(20(25)26)24-21(27)23-11-16-8-17(12-23)10-22(9-16,13-23)18-6-4-15(3)5-7-18/h4-7,14,16-17,19H,8-13H2,1-3H3,(H,24,27)(H,25,26)/t16-,17-,19+,22?,23?/m1/s1. The van der Waals surface area contributed by atoms with Gasteiger partial charge in [-0.2, -0.15) is 0 Å². The minimum atomic E-state index is -0.934. The molecule has 4 saturated carbocycles. The van der Waals surface area contributed by atoms with E-state index in [0.717, 1.165) is 19.3 Å². The molecule has 146 valence electrons. The monoisotopic (exact) mass is 369 g/mol. The summed E-state index contributed by atoms with van der Waals surface area (Å²) in [5, 5.41) is 12.4. The summed E-state index contributed by atoms with van der Waals surface area (Å²) in [5.41, 5.74) is 2.33. The molecule has 0 spiro atoms. The molecule has 4 bridgehead atoms. The number of benzene rings is 1. The topological polar surface area (TPSA) is 66.4 Å². The van der Waals surface area contributed by atoms with E-state index < -0.39 is 17.4 Å². The predicted molar refractivity (Wildman–Crippen MR) is 104 cm³/mol. The van der Waals surface area contributed by atoms with Gasteiger partial charge in [-0.15, -0.1) is 0 Å². The van der Waals surface area contributed by atoms with Gasteiger partial charge in [-0.3, -0.25) is 4.79 Å². The Balaban J connectivity index is 1.64. The molecule has 1 aromatic carbocycles. The maximum Gasteiger partial charge on any atom is 0.326 e. The van der Waals surface area contributed by atoms with Crippen molar-refractivity contribution in [1.29, 1.82) is 0 Å². The molecule has 4 heteroatoms. The Labute approximate surface area is 161 Å². The molecular weight excluding hydrogens is 338 g/mol. The van der Waals surface area contributed by atoms with Gasteiger partial charge >= 0.3 is 5.97 Å². The van der Waals surface area contributed by atoms with Crippen LogP contribution in [0.1, 0.15) is 63.5 Å². The zero-order valence-corrected chi connectivity index (χ0v) is 16.6. The molecule has 1 amide bonds. The van der Waals surface area contributed by atoms with Gasteiger partial charge in [0.25, 0.3) is 0 Å². The lowest BCUT2D eigenvalue weighted by Gasteiger charge is -2.61. The minimum Gasteiger partial charge on any atom is -0.480 e. The number of amides is 1. The van der Waals surface area contributed by atoms with Crippen LogP contribution in [0.5, 0.6) is 0 Å². The van der Waals surface area contributed by atoms with Gasteiger partial charge in [-0.05, 0) is 74.2 Å². The summed E-state index contributed by atoms with van der Waals surface area (Å²) in [6.07, 6.45) is 6.30. The van der Waals surface area contributed by atoms with Gasteiger partial charge < -0.3 is 10.4 Å². The summed E-state index contributed by atoms with van der Waals surface area (Å²) in [6.45, 7) is 5.81. The number of aryl methyl sites for hydroxylation is 1. The minimum absolute atomic E-state index is 0.0193. The van der Waals surface area contributed by atoms with Gasteiger partial charge in [0.05, 0.1) is 5.41 Å². The summed E-state index contributed by atoms with van der Waals surface area (Å²) in [4.78, 5) is 25.0. The second-order valence-electron chi connectivity index (χ2n) is 9.92. The van der Waals surface area contributed by atoms with Crippen LogP contribution in [-0.4, -0.2) is 23.0 Å². The number of carbonyl (C=O) groups excluding carboxylic acids is 1. The largest absolute Gasteiger partial charge is 0.480 e. The smallest absolute Gasteiger partial charge is 0.326 e. The van der Waals surface area contributed by atoms with Crippen LogP contribution in [0.15, 0.2) is 24.3 Å². The van der Waals surface area contributed by atoms with E-state index >= 15 is 0 Å². The van der Waals surface area contributed by atoms with Crippen molar-refractivity contribution in [2.45, 2.75) is 70.8 Å². The highest BCUT2D eigenvalue weighted by Gasteiger charge is 2.61. The molecule has 0 heterocycles. The molecule has 27 heavy (non-hydrogen) atoms. The summed E-state index contributed by atoms with van der Waals surface area (Å²) in [6, 6.07) is 8.06. The molecule has 3 atom stereocenters. The first kappa shape index (κ1) is 18.5. The maximum absolute atomic E-state index is 13.4. The third-order valence-corrected chi connectivity index (χ3v) is 7.43. The van der Waals surface area contributed by atoms with Gasteiger partial charge in [0.1, 0.15) is 6.04 Å². The second kappa shape index (κ2) is 6.35. The van der Waals surface area contributed by atoms with Crippen LogP contribution in [0.3, 0.4) is 0 Å². The van der Waals surface area contributed by atoms with Crippen molar-refractivity contribution in [1.82, 2.24) is 5.32 Å². The van der Waals surface area contributed by atoms with Crippen LogP contribution in [0.25, 0.3) is 0 Å². The first-order valence-electron chi connectivity index (χ1n) is 10.3. The third-order valence-electron chi connectivity index (χ3n) is 7.43. The summed E-state index contributed by atoms with van der Waals surface area (Å²) in [5.74, 6) is 0.0956. The van der Waals surface area contributed by atoms with Crippen molar-refractivity contribution >= 4 is 11.9 Å². The average molecular weight is 370 g/mol. The van der Waals surface area contributed by atoms with Crippen LogP contribution in [-0.2, 0) is 15.0 Å². The van der Waals surface area contributed by atoms with E-state index in [1.54, 1.807) is 0 Å². The lowest BCUT2D eigenvalue weighted by molar-refractivity contribution is -0.154. The molecule has 4 nitrogen and oxygen atoms in total. The molecule has 4 aliphatic rings. The Hall–Kier alpha value is -1.84.